The van der Waals surface area contributed by atoms with Gasteiger partial charge in [0.05, 0.1) is 25.7 Å². The standard InChI is InChI=1S/C11H11N3O2/c1-16-11(15)10-9(4-6-13)8(7-14-10)3-2-5-12/h7,14H,2-4H2,1H3. The van der Waals surface area contributed by atoms with Gasteiger partial charge in [0.1, 0.15) is 5.69 Å². The minimum atomic E-state index is -0.492. The third kappa shape index (κ3) is 2.40. The van der Waals surface area contributed by atoms with Gasteiger partial charge >= 0.3 is 5.97 Å². The fourth-order valence-electron chi connectivity index (χ4n) is 1.47. The molecule has 0 aliphatic heterocycles. The van der Waals surface area contributed by atoms with E-state index in [1.807, 2.05) is 12.1 Å². The molecule has 0 fully saturated rings. The number of carbonyl (C=O) groups excluding carboxylic acids is 1. The number of rotatable bonds is 4. The zero-order valence-corrected chi connectivity index (χ0v) is 8.91. The first-order chi connectivity index (χ1) is 7.74. The maximum Gasteiger partial charge on any atom is 0.354 e. The SMILES string of the molecule is COC(=O)c1[nH]cc(CCC#N)c1CC#N. The molecular weight excluding hydrogens is 206 g/mol. The number of aromatic nitrogens is 1. The highest BCUT2D eigenvalue weighted by Gasteiger charge is 2.17. The number of aryl methyl sites for hydroxylation is 1. The average Bonchev–Trinajstić information content (AvgIpc) is 2.69. The number of aromatic amines is 1. The van der Waals surface area contributed by atoms with Gasteiger partial charge in [-0.05, 0) is 12.0 Å². The summed E-state index contributed by atoms with van der Waals surface area (Å²) >= 11 is 0. The molecule has 1 rings (SSSR count). The number of hydrogen-bond donors (Lipinski definition) is 1. The zero-order valence-electron chi connectivity index (χ0n) is 8.91. The molecule has 1 aromatic heterocycles. The molecule has 1 heterocycles. The van der Waals surface area contributed by atoms with Gasteiger partial charge < -0.3 is 9.72 Å². The number of ether oxygens (including phenoxy) is 1. The molecule has 0 aromatic carbocycles. The van der Waals surface area contributed by atoms with E-state index in [0.29, 0.717) is 24.1 Å². The molecule has 0 aliphatic carbocycles. The maximum absolute atomic E-state index is 11.4. The van der Waals surface area contributed by atoms with E-state index < -0.39 is 5.97 Å². The fourth-order valence-corrected chi connectivity index (χ4v) is 1.47. The highest BCUT2D eigenvalue weighted by molar-refractivity contribution is 5.89. The monoisotopic (exact) mass is 217 g/mol. The zero-order chi connectivity index (χ0) is 12.0. The first-order valence-electron chi connectivity index (χ1n) is 4.76. The topological polar surface area (TPSA) is 89.7 Å². The van der Waals surface area contributed by atoms with Crippen LogP contribution in [0.5, 0.6) is 0 Å². The Balaban J connectivity index is 3.03. The lowest BCUT2D eigenvalue weighted by Gasteiger charge is -2.00. The van der Waals surface area contributed by atoms with E-state index in [4.69, 9.17) is 10.5 Å². The molecule has 82 valence electrons. The van der Waals surface area contributed by atoms with Gasteiger partial charge in [-0.2, -0.15) is 10.5 Å². The summed E-state index contributed by atoms with van der Waals surface area (Å²) in [5.41, 5.74) is 1.75. The molecule has 0 aliphatic rings. The van der Waals surface area contributed by atoms with Crippen LogP contribution in [0, 0.1) is 22.7 Å². The minimum absolute atomic E-state index is 0.134. The van der Waals surface area contributed by atoms with E-state index in [2.05, 4.69) is 9.72 Å². The quantitative estimate of drug-likeness (QED) is 0.770. The summed E-state index contributed by atoms with van der Waals surface area (Å²) in [5, 5.41) is 17.2. The van der Waals surface area contributed by atoms with E-state index in [1.54, 1.807) is 6.20 Å². The Bertz CT molecular complexity index is 463. The molecule has 1 aromatic rings. The number of nitrogens with one attached hydrogen (secondary N) is 1. The van der Waals surface area contributed by atoms with E-state index in [-0.39, 0.29) is 6.42 Å². The number of esters is 1. The largest absolute Gasteiger partial charge is 0.464 e. The van der Waals surface area contributed by atoms with Crippen molar-refractivity contribution >= 4 is 5.97 Å². The van der Waals surface area contributed by atoms with Crippen LogP contribution in [-0.4, -0.2) is 18.1 Å². The molecule has 0 atom stereocenters. The van der Waals surface area contributed by atoms with E-state index in [0.717, 1.165) is 5.56 Å². The second kappa shape index (κ2) is 5.57. The van der Waals surface area contributed by atoms with Crippen molar-refractivity contribution in [2.24, 2.45) is 0 Å². The van der Waals surface area contributed by atoms with Gasteiger partial charge in [-0.15, -0.1) is 0 Å². The maximum atomic E-state index is 11.4. The average molecular weight is 217 g/mol. The van der Waals surface area contributed by atoms with Crippen molar-refractivity contribution in [2.75, 3.05) is 7.11 Å². The molecule has 0 spiro atoms. The minimum Gasteiger partial charge on any atom is -0.464 e. The second-order valence-electron chi connectivity index (χ2n) is 3.15. The van der Waals surface area contributed by atoms with Crippen LogP contribution in [0.4, 0.5) is 0 Å². The molecule has 16 heavy (non-hydrogen) atoms. The van der Waals surface area contributed by atoms with Gasteiger partial charge in [0.25, 0.3) is 0 Å². The third-order valence-electron chi connectivity index (χ3n) is 2.23. The van der Waals surface area contributed by atoms with Crippen LogP contribution < -0.4 is 0 Å². The lowest BCUT2D eigenvalue weighted by atomic mass is 10.0. The van der Waals surface area contributed by atoms with Gasteiger partial charge in [-0.25, -0.2) is 4.79 Å². The van der Waals surface area contributed by atoms with Crippen molar-refractivity contribution in [1.29, 1.82) is 10.5 Å². The first kappa shape index (κ1) is 11.8. The summed E-state index contributed by atoms with van der Waals surface area (Å²) in [6, 6.07) is 4.02. The van der Waals surface area contributed by atoms with Crippen molar-refractivity contribution in [3.63, 3.8) is 0 Å². The number of nitrogens with zero attached hydrogens (tertiary/aromatic N) is 2. The highest BCUT2D eigenvalue weighted by Crippen LogP contribution is 2.17. The Morgan fingerprint density at radius 3 is 2.81 bits per heavy atom. The summed E-state index contributed by atoms with van der Waals surface area (Å²) in [6.07, 6.45) is 2.67. The molecule has 0 unspecified atom stereocenters. The smallest absolute Gasteiger partial charge is 0.354 e. The van der Waals surface area contributed by atoms with Crippen molar-refractivity contribution in [1.82, 2.24) is 4.98 Å². The predicted octanol–water partition coefficient (Wildman–Crippen LogP) is 1.32. The molecule has 0 radical (unpaired) electrons. The van der Waals surface area contributed by atoms with Crippen LogP contribution in [0.15, 0.2) is 6.20 Å². The highest BCUT2D eigenvalue weighted by atomic mass is 16.5. The third-order valence-corrected chi connectivity index (χ3v) is 2.23. The Morgan fingerprint density at radius 1 is 1.50 bits per heavy atom. The molecule has 1 N–H and O–H groups in total. The lowest BCUT2D eigenvalue weighted by Crippen LogP contribution is -2.05. The van der Waals surface area contributed by atoms with Gasteiger partial charge in [0.2, 0.25) is 0 Å². The van der Waals surface area contributed by atoms with Crippen LogP contribution in [0.2, 0.25) is 0 Å². The van der Waals surface area contributed by atoms with E-state index >= 15 is 0 Å². The van der Waals surface area contributed by atoms with Gasteiger partial charge in [0, 0.05) is 18.2 Å². The van der Waals surface area contributed by atoms with Crippen LogP contribution in [0.1, 0.15) is 28.0 Å². The molecule has 0 saturated heterocycles. The summed E-state index contributed by atoms with van der Waals surface area (Å²) in [7, 11) is 1.29. The molecule has 5 heteroatoms. The summed E-state index contributed by atoms with van der Waals surface area (Å²) in [4.78, 5) is 14.2. The Kier molecular flexibility index (Phi) is 4.11. The normalized spacial score (nSPS) is 9.19. The molecule has 0 saturated carbocycles. The molecule has 5 nitrogen and oxygen atoms in total. The van der Waals surface area contributed by atoms with Crippen molar-refractivity contribution in [3.8, 4) is 12.1 Å². The van der Waals surface area contributed by atoms with Crippen LogP contribution in [-0.2, 0) is 17.6 Å². The van der Waals surface area contributed by atoms with Gasteiger partial charge in [0.15, 0.2) is 0 Å². The van der Waals surface area contributed by atoms with Crippen LogP contribution in [0.25, 0.3) is 0 Å². The first-order valence-corrected chi connectivity index (χ1v) is 4.76. The van der Waals surface area contributed by atoms with E-state index in [1.165, 1.54) is 7.11 Å². The van der Waals surface area contributed by atoms with Crippen molar-refractivity contribution in [2.45, 2.75) is 19.3 Å². The summed E-state index contributed by atoms with van der Waals surface area (Å²) in [6.45, 7) is 0. The number of carbonyl (C=O) groups is 1. The summed E-state index contributed by atoms with van der Waals surface area (Å²) < 4.78 is 4.60. The summed E-state index contributed by atoms with van der Waals surface area (Å²) in [5.74, 6) is -0.492. The second-order valence-corrected chi connectivity index (χ2v) is 3.15. The predicted molar refractivity (Wildman–Crippen MR) is 55.4 cm³/mol. The lowest BCUT2D eigenvalue weighted by molar-refractivity contribution is 0.0593. The number of methoxy groups -OCH3 is 1. The van der Waals surface area contributed by atoms with Gasteiger partial charge in [-0.3, -0.25) is 0 Å². The Hall–Kier alpha value is -2.27. The number of nitriles is 2. The Morgan fingerprint density at radius 2 is 2.25 bits per heavy atom. The van der Waals surface area contributed by atoms with Crippen LogP contribution >= 0.6 is 0 Å². The molecular formula is C11H11N3O2. The van der Waals surface area contributed by atoms with Gasteiger partial charge in [-0.1, -0.05) is 0 Å². The molecule has 0 amide bonds. The van der Waals surface area contributed by atoms with E-state index in [9.17, 15) is 4.79 Å². The van der Waals surface area contributed by atoms with Crippen LogP contribution in [0.3, 0.4) is 0 Å². The van der Waals surface area contributed by atoms with Crippen molar-refractivity contribution < 1.29 is 9.53 Å². The molecule has 0 bridgehead atoms. The fraction of sp³-hybridized carbons (Fsp3) is 0.364. The number of H-pyrrole nitrogens is 1. The van der Waals surface area contributed by atoms with Crippen molar-refractivity contribution in [3.05, 3.63) is 23.0 Å². The number of hydrogen-bond acceptors (Lipinski definition) is 4. The Labute approximate surface area is 93.3 Å².